The van der Waals surface area contributed by atoms with Crippen LogP contribution in [0.3, 0.4) is 0 Å². The van der Waals surface area contributed by atoms with Crippen LogP contribution in [0.2, 0.25) is 0 Å². The number of carbonyl (C=O) groups excluding carboxylic acids is 1. The maximum atomic E-state index is 12.5. The van der Waals surface area contributed by atoms with Crippen molar-refractivity contribution < 1.29 is 14.3 Å². The molecule has 1 aliphatic heterocycles. The van der Waals surface area contributed by atoms with Crippen molar-refractivity contribution in [3.8, 4) is 5.75 Å². The van der Waals surface area contributed by atoms with E-state index in [2.05, 4.69) is 5.32 Å². The van der Waals surface area contributed by atoms with Crippen molar-refractivity contribution in [2.45, 2.75) is 12.6 Å². The van der Waals surface area contributed by atoms with Gasteiger partial charge in [0.15, 0.2) is 0 Å². The van der Waals surface area contributed by atoms with Gasteiger partial charge in [0.25, 0.3) is 0 Å². The minimum Gasteiger partial charge on any atom is -0.496 e. The highest BCUT2D eigenvalue weighted by atomic mass is 16.5. The van der Waals surface area contributed by atoms with Gasteiger partial charge in [-0.15, -0.1) is 0 Å². The number of para-hydroxylation sites is 1. The first-order chi connectivity index (χ1) is 9.67. The molecule has 2 unspecified atom stereocenters. The lowest BCUT2D eigenvalue weighted by Gasteiger charge is -2.24. The Morgan fingerprint density at radius 1 is 1.45 bits per heavy atom. The van der Waals surface area contributed by atoms with Crippen LogP contribution in [0.1, 0.15) is 5.56 Å². The predicted molar refractivity (Wildman–Crippen MR) is 76.6 cm³/mol. The van der Waals surface area contributed by atoms with Gasteiger partial charge >= 0.3 is 0 Å². The van der Waals surface area contributed by atoms with E-state index in [9.17, 15) is 4.79 Å². The molecule has 0 aliphatic carbocycles. The van der Waals surface area contributed by atoms with Crippen LogP contribution in [0, 0.1) is 5.92 Å². The molecule has 20 heavy (non-hydrogen) atoms. The average Bonchev–Trinajstić information content (AvgIpc) is 2.95. The molecule has 1 heterocycles. The molecule has 0 saturated carbocycles. The lowest BCUT2D eigenvalue weighted by atomic mass is 10.0. The van der Waals surface area contributed by atoms with Crippen molar-refractivity contribution in [1.29, 1.82) is 0 Å². The summed E-state index contributed by atoms with van der Waals surface area (Å²) in [6.45, 7) is 1.62. The standard InChI is InChI=1S/C15H22N2O3/c1-16-13-10-20-9-12(13)15(18)17(2)8-11-6-4-5-7-14(11)19-3/h4-7,12-13,16H,8-10H2,1-3H3. The van der Waals surface area contributed by atoms with Crippen LogP contribution in [0.15, 0.2) is 24.3 Å². The molecular formula is C15H22N2O3. The second kappa shape index (κ2) is 6.72. The molecule has 0 spiro atoms. The number of hydrogen-bond acceptors (Lipinski definition) is 4. The number of benzene rings is 1. The molecule has 1 saturated heterocycles. The number of rotatable bonds is 5. The van der Waals surface area contributed by atoms with E-state index in [0.29, 0.717) is 19.8 Å². The topological polar surface area (TPSA) is 50.8 Å². The molecule has 1 N–H and O–H groups in total. The van der Waals surface area contributed by atoms with E-state index in [0.717, 1.165) is 11.3 Å². The third-order valence-corrected chi connectivity index (χ3v) is 3.74. The van der Waals surface area contributed by atoms with Crippen molar-refractivity contribution in [3.05, 3.63) is 29.8 Å². The van der Waals surface area contributed by atoms with Gasteiger partial charge in [-0.2, -0.15) is 0 Å². The van der Waals surface area contributed by atoms with Crippen molar-refractivity contribution >= 4 is 5.91 Å². The van der Waals surface area contributed by atoms with Crippen molar-refractivity contribution in [3.63, 3.8) is 0 Å². The van der Waals surface area contributed by atoms with Crippen LogP contribution in [0.25, 0.3) is 0 Å². The molecule has 110 valence electrons. The Kier molecular flexibility index (Phi) is 4.98. The minimum absolute atomic E-state index is 0.0996. The smallest absolute Gasteiger partial charge is 0.229 e. The Labute approximate surface area is 119 Å². The average molecular weight is 278 g/mol. The van der Waals surface area contributed by atoms with Crippen molar-refractivity contribution in [1.82, 2.24) is 10.2 Å². The zero-order valence-electron chi connectivity index (χ0n) is 12.3. The highest BCUT2D eigenvalue weighted by molar-refractivity contribution is 5.79. The van der Waals surface area contributed by atoms with Crippen LogP contribution in [0.5, 0.6) is 5.75 Å². The molecule has 1 aromatic carbocycles. The molecule has 1 aliphatic rings. The number of carbonyl (C=O) groups is 1. The summed E-state index contributed by atoms with van der Waals surface area (Å²) in [6, 6.07) is 7.85. The molecule has 2 rings (SSSR count). The first kappa shape index (κ1) is 14.8. The lowest BCUT2D eigenvalue weighted by molar-refractivity contribution is -0.135. The highest BCUT2D eigenvalue weighted by Gasteiger charge is 2.34. The van der Waals surface area contributed by atoms with Gasteiger partial charge in [0, 0.05) is 25.2 Å². The molecule has 1 fully saturated rings. The van der Waals surface area contributed by atoms with E-state index >= 15 is 0 Å². The van der Waals surface area contributed by atoms with Gasteiger partial charge in [-0.3, -0.25) is 4.79 Å². The van der Waals surface area contributed by atoms with Crippen molar-refractivity contribution in [2.75, 3.05) is 34.4 Å². The monoisotopic (exact) mass is 278 g/mol. The number of nitrogens with zero attached hydrogens (tertiary/aromatic N) is 1. The lowest BCUT2D eigenvalue weighted by Crippen LogP contribution is -2.43. The maximum Gasteiger partial charge on any atom is 0.229 e. The summed E-state index contributed by atoms with van der Waals surface area (Å²) >= 11 is 0. The van der Waals surface area contributed by atoms with Crippen LogP contribution >= 0.6 is 0 Å². The number of hydrogen-bond donors (Lipinski definition) is 1. The molecule has 1 aromatic rings. The van der Waals surface area contributed by atoms with Crippen LogP contribution < -0.4 is 10.1 Å². The molecule has 1 amide bonds. The first-order valence-corrected chi connectivity index (χ1v) is 6.79. The molecular weight excluding hydrogens is 256 g/mol. The number of methoxy groups -OCH3 is 1. The van der Waals surface area contributed by atoms with E-state index in [1.54, 1.807) is 12.0 Å². The Morgan fingerprint density at radius 3 is 2.90 bits per heavy atom. The Morgan fingerprint density at radius 2 is 2.20 bits per heavy atom. The second-order valence-corrected chi connectivity index (χ2v) is 5.05. The summed E-state index contributed by atoms with van der Waals surface area (Å²) < 4.78 is 10.7. The summed E-state index contributed by atoms with van der Waals surface area (Å²) in [5.41, 5.74) is 1.01. The van der Waals surface area contributed by atoms with Gasteiger partial charge in [0.1, 0.15) is 5.75 Å². The third-order valence-electron chi connectivity index (χ3n) is 3.74. The normalized spacial score (nSPS) is 21.8. The summed E-state index contributed by atoms with van der Waals surface area (Å²) in [4.78, 5) is 14.2. The molecule has 5 nitrogen and oxygen atoms in total. The number of ether oxygens (including phenoxy) is 2. The quantitative estimate of drug-likeness (QED) is 0.869. The Hall–Kier alpha value is -1.59. The summed E-state index contributed by atoms with van der Waals surface area (Å²) in [6.07, 6.45) is 0. The predicted octanol–water partition coefficient (Wildman–Crippen LogP) is 0.888. The molecule has 5 heteroatoms. The van der Waals surface area contributed by atoms with Gasteiger partial charge in [-0.25, -0.2) is 0 Å². The SMILES string of the molecule is CNC1COCC1C(=O)N(C)Cc1ccccc1OC. The van der Waals surface area contributed by atoms with Gasteiger partial charge in [-0.1, -0.05) is 18.2 Å². The molecule has 0 radical (unpaired) electrons. The van der Waals surface area contributed by atoms with Crippen LogP contribution in [0.4, 0.5) is 0 Å². The van der Waals surface area contributed by atoms with Gasteiger partial charge in [0.2, 0.25) is 5.91 Å². The summed E-state index contributed by atoms with van der Waals surface area (Å²) in [5.74, 6) is 0.799. The van der Waals surface area contributed by atoms with E-state index in [1.165, 1.54) is 0 Å². The van der Waals surface area contributed by atoms with Crippen LogP contribution in [-0.2, 0) is 16.1 Å². The second-order valence-electron chi connectivity index (χ2n) is 5.05. The molecule has 0 aromatic heterocycles. The van der Waals surface area contributed by atoms with E-state index in [1.807, 2.05) is 38.4 Å². The largest absolute Gasteiger partial charge is 0.496 e. The fourth-order valence-corrected chi connectivity index (χ4v) is 2.53. The molecule has 0 bridgehead atoms. The summed E-state index contributed by atoms with van der Waals surface area (Å²) in [5, 5.41) is 3.14. The zero-order valence-corrected chi connectivity index (χ0v) is 12.3. The van der Waals surface area contributed by atoms with Gasteiger partial charge in [-0.05, 0) is 13.1 Å². The third kappa shape index (κ3) is 3.11. The fraction of sp³-hybridized carbons (Fsp3) is 0.533. The minimum atomic E-state index is -0.111. The maximum absolute atomic E-state index is 12.5. The number of nitrogens with one attached hydrogen (secondary N) is 1. The fourth-order valence-electron chi connectivity index (χ4n) is 2.53. The highest BCUT2D eigenvalue weighted by Crippen LogP contribution is 2.21. The zero-order chi connectivity index (χ0) is 14.5. The van der Waals surface area contributed by atoms with Crippen molar-refractivity contribution in [2.24, 2.45) is 5.92 Å². The Bertz CT molecular complexity index is 464. The number of likely N-dealkylation sites (N-methyl/N-ethyl adjacent to an activating group) is 1. The van der Waals surface area contributed by atoms with Gasteiger partial charge in [0.05, 0.1) is 26.2 Å². The Balaban J connectivity index is 2.04. The van der Waals surface area contributed by atoms with Crippen LogP contribution in [-0.4, -0.2) is 51.3 Å². The van der Waals surface area contributed by atoms with Gasteiger partial charge < -0.3 is 19.7 Å². The summed E-state index contributed by atoms with van der Waals surface area (Å²) in [7, 11) is 5.32. The molecule has 2 atom stereocenters. The number of amides is 1. The first-order valence-electron chi connectivity index (χ1n) is 6.79. The van der Waals surface area contributed by atoms with E-state index in [-0.39, 0.29) is 17.9 Å². The van der Waals surface area contributed by atoms with E-state index < -0.39 is 0 Å². The van der Waals surface area contributed by atoms with E-state index in [4.69, 9.17) is 9.47 Å².